The Morgan fingerprint density at radius 2 is 2.11 bits per heavy atom. The normalized spacial score (nSPS) is 11.5. The monoisotopic (exact) mass is 259 g/mol. The number of halogens is 1. The number of hydrogen-bond donors (Lipinski definition) is 1. The van der Waals surface area contributed by atoms with Crippen LogP contribution in [0.4, 0.5) is 4.39 Å². The first-order valence-corrected chi connectivity index (χ1v) is 5.88. The van der Waals surface area contributed by atoms with Crippen LogP contribution in [0.1, 0.15) is 25.0 Å². The maximum atomic E-state index is 13.8. The van der Waals surface area contributed by atoms with E-state index in [1.54, 1.807) is 12.1 Å². The molecule has 0 aliphatic rings. The van der Waals surface area contributed by atoms with Gasteiger partial charge in [-0.2, -0.15) is 5.26 Å². The summed E-state index contributed by atoms with van der Waals surface area (Å²) in [6.45, 7) is 7.87. The van der Waals surface area contributed by atoms with Gasteiger partial charge in [0.2, 0.25) is 0 Å². The number of nitrogens with zero attached hydrogens (tertiary/aromatic N) is 2. The van der Waals surface area contributed by atoms with Crippen LogP contribution >= 0.6 is 0 Å². The second kappa shape index (κ2) is 6.05. The van der Waals surface area contributed by atoms with Crippen LogP contribution in [0.3, 0.4) is 0 Å². The number of benzene rings is 1. The molecule has 0 saturated carbocycles. The van der Waals surface area contributed by atoms with Crippen molar-refractivity contribution in [3.63, 3.8) is 0 Å². The average molecular weight is 259 g/mol. The third-order valence-corrected chi connectivity index (χ3v) is 3.01. The topological polar surface area (TPSA) is 53.0 Å². The summed E-state index contributed by atoms with van der Waals surface area (Å²) < 4.78 is 13.8. The standard InChI is InChI=1S/C15H18FN3/c1-10(2)15(18)11(3)19(4)9-13-6-5-12(8-17)7-14(13)16/h5-7H,1,9,18H2,2-4H3/b15-11+. The zero-order valence-corrected chi connectivity index (χ0v) is 11.5. The largest absolute Gasteiger partial charge is 0.397 e. The molecule has 0 unspecified atom stereocenters. The molecule has 4 heteroatoms. The molecule has 0 saturated heterocycles. The summed E-state index contributed by atoms with van der Waals surface area (Å²) in [6, 6.07) is 6.37. The first-order valence-electron chi connectivity index (χ1n) is 5.88. The number of rotatable bonds is 4. The van der Waals surface area contributed by atoms with Crippen LogP contribution in [0.15, 0.2) is 41.7 Å². The molecule has 0 bridgehead atoms. The molecule has 0 atom stereocenters. The van der Waals surface area contributed by atoms with Crippen molar-refractivity contribution in [2.75, 3.05) is 7.05 Å². The quantitative estimate of drug-likeness (QED) is 0.846. The number of nitriles is 1. The molecule has 0 fully saturated rings. The highest BCUT2D eigenvalue weighted by Crippen LogP contribution is 2.16. The number of nitrogens with two attached hydrogens (primary N) is 1. The third-order valence-electron chi connectivity index (χ3n) is 3.01. The van der Waals surface area contributed by atoms with E-state index < -0.39 is 0 Å². The average Bonchev–Trinajstić information content (AvgIpc) is 2.38. The van der Waals surface area contributed by atoms with Gasteiger partial charge in [0.1, 0.15) is 5.82 Å². The Morgan fingerprint density at radius 1 is 1.47 bits per heavy atom. The van der Waals surface area contributed by atoms with Gasteiger partial charge in [0, 0.05) is 24.9 Å². The van der Waals surface area contributed by atoms with E-state index in [1.807, 2.05) is 31.9 Å². The fourth-order valence-electron chi connectivity index (χ4n) is 1.63. The molecule has 100 valence electrons. The molecule has 0 spiro atoms. The Morgan fingerprint density at radius 3 is 2.58 bits per heavy atom. The molecule has 0 radical (unpaired) electrons. The minimum absolute atomic E-state index is 0.317. The maximum Gasteiger partial charge on any atom is 0.129 e. The molecule has 0 heterocycles. The van der Waals surface area contributed by atoms with Crippen LogP contribution in [0.5, 0.6) is 0 Å². The Labute approximate surface area is 113 Å². The Kier molecular flexibility index (Phi) is 4.71. The molecule has 1 aromatic rings. The van der Waals surface area contributed by atoms with Gasteiger partial charge in [-0.1, -0.05) is 12.6 Å². The SMILES string of the molecule is C=C(C)/C(N)=C(/C)N(C)Cc1ccc(C#N)cc1F. The van der Waals surface area contributed by atoms with E-state index in [-0.39, 0.29) is 5.82 Å². The highest BCUT2D eigenvalue weighted by Gasteiger charge is 2.09. The van der Waals surface area contributed by atoms with Gasteiger partial charge in [-0.05, 0) is 31.6 Å². The summed E-state index contributed by atoms with van der Waals surface area (Å²) in [5.41, 5.74) is 8.97. The van der Waals surface area contributed by atoms with E-state index in [0.29, 0.717) is 23.4 Å². The second-order valence-corrected chi connectivity index (χ2v) is 4.55. The maximum absolute atomic E-state index is 13.8. The third kappa shape index (κ3) is 3.59. The minimum Gasteiger partial charge on any atom is -0.397 e. The molecule has 0 amide bonds. The summed E-state index contributed by atoms with van der Waals surface area (Å²) in [7, 11) is 1.84. The van der Waals surface area contributed by atoms with Crippen molar-refractivity contribution in [1.29, 1.82) is 5.26 Å². The van der Waals surface area contributed by atoms with Crippen molar-refractivity contribution in [2.24, 2.45) is 5.73 Å². The molecule has 1 aromatic carbocycles. The fraction of sp³-hybridized carbons (Fsp3) is 0.267. The molecule has 0 aliphatic carbocycles. The number of hydrogen-bond acceptors (Lipinski definition) is 3. The van der Waals surface area contributed by atoms with Crippen LogP contribution in [0.25, 0.3) is 0 Å². The van der Waals surface area contributed by atoms with Crippen molar-refractivity contribution in [2.45, 2.75) is 20.4 Å². The van der Waals surface area contributed by atoms with Crippen LogP contribution in [-0.4, -0.2) is 11.9 Å². The number of allylic oxidation sites excluding steroid dienone is 2. The van der Waals surface area contributed by atoms with Gasteiger partial charge in [0.25, 0.3) is 0 Å². The predicted octanol–water partition coefficient (Wildman–Crippen LogP) is 2.90. The van der Waals surface area contributed by atoms with Crippen molar-refractivity contribution in [3.05, 3.63) is 58.7 Å². The van der Waals surface area contributed by atoms with Gasteiger partial charge in [0.05, 0.1) is 17.3 Å². The van der Waals surface area contributed by atoms with E-state index in [0.717, 1.165) is 11.3 Å². The molecule has 1 rings (SSSR count). The van der Waals surface area contributed by atoms with Crippen molar-refractivity contribution >= 4 is 0 Å². The van der Waals surface area contributed by atoms with E-state index in [9.17, 15) is 4.39 Å². The summed E-state index contributed by atoms with van der Waals surface area (Å²) in [5, 5.41) is 8.70. The Hall–Kier alpha value is -2.28. The van der Waals surface area contributed by atoms with Crippen LogP contribution in [0, 0.1) is 17.1 Å². The first-order chi connectivity index (χ1) is 8.86. The molecule has 0 aromatic heterocycles. The summed E-state index contributed by atoms with van der Waals surface area (Å²) >= 11 is 0. The van der Waals surface area contributed by atoms with Crippen molar-refractivity contribution in [3.8, 4) is 6.07 Å². The highest BCUT2D eigenvalue weighted by molar-refractivity contribution is 5.33. The fourth-order valence-corrected chi connectivity index (χ4v) is 1.63. The molecular formula is C15H18FN3. The van der Waals surface area contributed by atoms with Gasteiger partial charge in [0.15, 0.2) is 0 Å². The van der Waals surface area contributed by atoms with Gasteiger partial charge in [-0.25, -0.2) is 4.39 Å². The Balaban J connectivity index is 2.95. The lowest BCUT2D eigenvalue weighted by molar-refractivity contribution is 0.398. The highest BCUT2D eigenvalue weighted by atomic mass is 19.1. The predicted molar refractivity (Wildman–Crippen MR) is 74.3 cm³/mol. The summed E-state index contributed by atoms with van der Waals surface area (Å²) in [4.78, 5) is 1.86. The smallest absolute Gasteiger partial charge is 0.129 e. The van der Waals surface area contributed by atoms with E-state index in [4.69, 9.17) is 11.0 Å². The van der Waals surface area contributed by atoms with Crippen LogP contribution in [-0.2, 0) is 6.54 Å². The first kappa shape index (κ1) is 14.8. The molecule has 19 heavy (non-hydrogen) atoms. The van der Waals surface area contributed by atoms with Gasteiger partial charge < -0.3 is 10.6 Å². The summed E-state index contributed by atoms with van der Waals surface area (Å²) in [6.07, 6.45) is 0. The molecular weight excluding hydrogens is 241 g/mol. The molecule has 2 N–H and O–H groups in total. The molecule has 3 nitrogen and oxygen atoms in total. The van der Waals surface area contributed by atoms with E-state index >= 15 is 0 Å². The van der Waals surface area contributed by atoms with Gasteiger partial charge in [-0.3, -0.25) is 0 Å². The Bertz CT molecular complexity index is 567. The van der Waals surface area contributed by atoms with Crippen LogP contribution in [0.2, 0.25) is 0 Å². The minimum atomic E-state index is -0.382. The van der Waals surface area contributed by atoms with Crippen molar-refractivity contribution < 1.29 is 4.39 Å². The lowest BCUT2D eigenvalue weighted by Gasteiger charge is -2.22. The van der Waals surface area contributed by atoms with Crippen molar-refractivity contribution in [1.82, 2.24) is 4.90 Å². The van der Waals surface area contributed by atoms with Crippen LogP contribution < -0.4 is 5.73 Å². The zero-order chi connectivity index (χ0) is 14.6. The lowest BCUT2D eigenvalue weighted by atomic mass is 10.1. The zero-order valence-electron chi connectivity index (χ0n) is 11.5. The van der Waals surface area contributed by atoms with E-state index in [1.165, 1.54) is 6.07 Å². The van der Waals surface area contributed by atoms with Gasteiger partial charge in [-0.15, -0.1) is 0 Å². The second-order valence-electron chi connectivity index (χ2n) is 4.55. The molecule has 0 aliphatic heterocycles. The van der Waals surface area contributed by atoms with Gasteiger partial charge >= 0.3 is 0 Å². The summed E-state index contributed by atoms with van der Waals surface area (Å²) in [5.74, 6) is -0.382. The van der Waals surface area contributed by atoms with E-state index in [2.05, 4.69) is 6.58 Å². The lowest BCUT2D eigenvalue weighted by Crippen LogP contribution is -2.20.